The van der Waals surface area contributed by atoms with Crippen LogP contribution in [0.5, 0.6) is 0 Å². The molecule has 2 rings (SSSR count). The van der Waals surface area contributed by atoms with Crippen LogP contribution < -0.4 is 4.85 Å². The highest BCUT2D eigenvalue weighted by molar-refractivity contribution is 5.63. The fraction of sp³-hybridized carbons (Fsp3) is 0. The van der Waals surface area contributed by atoms with Gasteiger partial charge in [-0.05, 0) is 17.0 Å². The van der Waals surface area contributed by atoms with Crippen LogP contribution in [0.4, 0.5) is 0 Å². The van der Waals surface area contributed by atoms with Crippen LogP contribution in [-0.4, -0.2) is 10.1 Å². The van der Waals surface area contributed by atoms with E-state index in [9.17, 15) is 5.21 Å². The summed E-state index contributed by atoms with van der Waals surface area (Å²) in [6.07, 6.45) is 1.08. The normalized spacial score (nSPS) is 9.80. The Kier molecular flexibility index (Phi) is 2.03. The molecule has 0 saturated heterocycles. The van der Waals surface area contributed by atoms with Gasteiger partial charge in [0.05, 0.1) is 5.56 Å². The van der Waals surface area contributed by atoms with E-state index in [2.05, 4.69) is 0 Å². The molecule has 0 fully saturated rings. The monoisotopic (exact) mass is 201 g/mol. The third kappa shape index (κ3) is 1.38. The molecule has 0 amide bonds. The zero-order valence-electron chi connectivity index (χ0n) is 7.66. The number of hydrogen-bond acceptors (Lipinski definition) is 3. The van der Waals surface area contributed by atoms with Gasteiger partial charge in [-0.3, -0.25) is 0 Å². The summed E-state index contributed by atoms with van der Waals surface area (Å²) in [4.78, 5) is 0.620. The van der Waals surface area contributed by atoms with Gasteiger partial charge in [0.25, 0.3) is 5.69 Å². The summed E-state index contributed by atoms with van der Waals surface area (Å²) in [6.45, 7) is 0. The summed E-state index contributed by atoms with van der Waals surface area (Å²) in [6, 6.07) is 10.6. The molecular formula is C10H7N3O2. The van der Waals surface area contributed by atoms with Crippen molar-refractivity contribution in [3.63, 3.8) is 0 Å². The van der Waals surface area contributed by atoms with E-state index in [1.54, 1.807) is 30.3 Å². The largest absolute Gasteiger partial charge is 0.593 e. The molecule has 2 aromatic rings. The Morgan fingerprint density at radius 3 is 2.60 bits per heavy atom. The minimum Gasteiger partial charge on any atom is -0.593 e. The summed E-state index contributed by atoms with van der Waals surface area (Å²) >= 11 is 0. The standard InChI is InChI=1S/C10H7N3O2/c11-6-9-7-12(14)13(15)10(9)8-4-2-1-3-5-8/h1-5,7,14H. The number of aromatic nitrogens is 2. The van der Waals surface area contributed by atoms with Crippen LogP contribution in [0, 0.1) is 16.5 Å². The number of benzene rings is 1. The zero-order chi connectivity index (χ0) is 10.8. The van der Waals surface area contributed by atoms with Gasteiger partial charge in [-0.2, -0.15) is 5.26 Å². The second-order valence-corrected chi connectivity index (χ2v) is 2.96. The first-order chi connectivity index (χ1) is 7.24. The fourth-order valence-corrected chi connectivity index (χ4v) is 1.38. The second kappa shape index (κ2) is 3.35. The molecule has 0 unspecified atom stereocenters. The van der Waals surface area contributed by atoms with Crippen LogP contribution in [0.3, 0.4) is 0 Å². The third-order valence-corrected chi connectivity index (χ3v) is 2.04. The lowest BCUT2D eigenvalue weighted by Gasteiger charge is -1.98. The summed E-state index contributed by atoms with van der Waals surface area (Å²) in [5, 5.41) is 29.3. The lowest BCUT2D eigenvalue weighted by molar-refractivity contribution is -0.715. The molecule has 1 aromatic carbocycles. The maximum atomic E-state index is 11.4. The molecular weight excluding hydrogens is 194 g/mol. The summed E-state index contributed by atoms with van der Waals surface area (Å²) < 4.78 is 0. The van der Waals surface area contributed by atoms with Crippen molar-refractivity contribution in [2.45, 2.75) is 0 Å². The van der Waals surface area contributed by atoms with Crippen molar-refractivity contribution in [3.8, 4) is 17.3 Å². The molecule has 0 bridgehead atoms. The smallest absolute Gasteiger partial charge is 0.272 e. The number of nitrogens with zero attached hydrogens (tertiary/aromatic N) is 3. The van der Waals surface area contributed by atoms with Crippen molar-refractivity contribution in [2.24, 2.45) is 0 Å². The Balaban J connectivity index is 2.68. The summed E-state index contributed by atoms with van der Waals surface area (Å²) in [5.74, 6) is 0. The highest BCUT2D eigenvalue weighted by Gasteiger charge is 2.21. The van der Waals surface area contributed by atoms with Gasteiger partial charge in [0.2, 0.25) is 0 Å². The van der Waals surface area contributed by atoms with Crippen LogP contribution in [0.25, 0.3) is 11.3 Å². The Bertz CT molecular complexity index is 526. The molecule has 0 spiro atoms. The van der Waals surface area contributed by atoms with Gasteiger partial charge in [-0.25, -0.2) is 0 Å². The molecule has 1 N–H and O–H groups in total. The molecule has 0 aliphatic carbocycles. The molecule has 1 aromatic heterocycles. The van der Waals surface area contributed by atoms with Gasteiger partial charge in [0.1, 0.15) is 12.3 Å². The Morgan fingerprint density at radius 1 is 1.33 bits per heavy atom. The average Bonchev–Trinajstić information content (AvgIpc) is 2.56. The van der Waals surface area contributed by atoms with E-state index in [0.717, 1.165) is 6.20 Å². The quantitative estimate of drug-likeness (QED) is 0.423. The predicted molar refractivity (Wildman–Crippen MR) is 50.7 cm³/mol. The van der Waals surface area contributed by atoms with Gasteiger partial charge >= 0.3 is 0 Å². The van der Waals surface area contributed by atoms with Gasteiger partial charge in [0, 0.05) is 4.85 Å². The molecule has 0 aliphatic rings. The van der Waals surface area contributed by atoms with Crippen molar-refractivity contribution in [1.29, 1.82) is 5.26 Å². The molecule has 0 atom stereocenters. The minimum atomic E-state index is 0.138. The van der Waals surface area contributed by atoms with E-state index in [1.165, 1.54) is 0 Å². The van der Waals surface area contributed by atoms with Crippen LogP contribution >= 0.6 is 0 Å². The van der Waals surface area contributed by atoms with Crippen LogP contribution in [0.1, 0.15) is 5.56 Å². The first-order valence-corrected chi connectivity index (χ1v) is 4.24. The van der Waals surface area contributed by atoms with E-state index < -0.39 is 0 Å². The minimum absolute atomic E-state index is 0.138. The second-order valence-electron chi connectivity index (χ2n) is 2.96. The Hall–Kier alpha value is -2.48. The predicted octanol–water partition coefficient (Wildman–Crippen LogP) is 0.897. The van der Waals surface area contributed by atoms with Gasteiger partial charge in [-0.1, -0.05) is 18.2 Å². The van der Waals surface area contributed by atoms with Crippen molar-refractivity contribution in [1.82, 2.24) is 4.85 Å². The molecule has 0 radical (unpaired) electrons. The van der Waals surface area contributed by atoms with Gasteiger partial charge in [0.15, 0.2) is 5.56 Å². The molecule has 1 heterocycles. The number of nitriles is 1. The van der Waals surface area contributed by atoms with Crippen molar-refractivity contribution in [2.75, 3.05) is 0 Å². The van der Waals surface area contributed by atoms with E-state index in [1.807, 2.05) is 6.07 Å². The highest BCUT2D eigenvalue weighted by atomic mass is 16.6. The molecule has 0 saturated carbocycles. The first kappa shape index (κ1) is 9.09. The first-order valence-electron chi connectivity index (χ1n) is 4.24. The summed E-state index contributed by atoms with van der Waals surface area (Å²) in [5.41, 5.74) is 0.885. The van der Waals surface area contributed by atoms with Gasteiger partial charge in [-0.15, -0.1) is 0 Å². The SMILES string of the molecule is N#Cc1cn(O)[n+]([O-])c1-c1ccccc1. The zero-order valence-corrected chi connectivity index (χ0v) is 7.66. The van der Waals surface area contributed by atoms with E-state index in [0.29, 0.717) is 10.4 Å². The fourth-order valence-electron chi connectivity index (χ4n) is 1.38. The van der Waals surface area contributed by atoms with Crippen LogP contribution in [-0.2, 0) is 0 Å². The molecule has 5 heteroatoms. The van der Waals surface area contributed by atoms with Crippen LogP contribution in [0.2, 0.25) is 0 Å². The highest BCUT2D eigenvalue weighted by Crippen LogP contribution is 2.18. The van der Waals surface area contributed by atoms with E-state index in [4.69, 9.17) is 10.5 Å². The van der Waals surface area contributed by atoms with E-state index in [-0.39, 0.29) is 16.1 Å². The average molecular weight is 201 g/mol. The third-order valence-electron chi connectivity index (χ3n) is 2.04. The van der Waals surface area contributed by atoms with Crippen LogP contribution in [0.15, 0.2) is 36.5 Å². The maximum absolute atomic E-state index is 11.4. The van der Waals surface area contributed by atoms with Crippen molar-refractivity contribution in [3.05, 3.63) is 47.3 Å². The topological polar surface area (TPSA) is 75.9 Å². The van der Waals surface area contributed by atoms with Crippen molar-refractivity contribution < 1.29 is 10.1 Å². The molecule has 74 valence electrons. The lowest BCUT2D eigenvalue weighted by atomic mass is 10.1. The molecule has 15 heavy (non-hydrogen) atoms. The number of rotatable bonds is 1. The molecule has 0 aliphatic heterocycles. The Labute approximate surface area is 85.6 Å². The van der Waals surface area contributed by atoms with Gasteiger partial charge < -0.3 is 10.4 Å². The maximum Gasteiger partial charge on any atom is 0.272 e. The lowest BCUT2D eigenvalue weighted by Crippen LogP contribution is -2.37. The van der Waals surface area contributed by atoms with E-state index >= 15 is 0 Å². The Morgan fingerprint density at radius 2 is 2.00 bits per heavy atom. The number of hydrogen-bond donors (Lipinski definition) is 1. The van der Waals surface area contributed by atoms with Crippen molar-refractivity contribution >= 4 is 0 Å². The molecule has 5 nitrogen and oxygen atoms in total. The summed E-state index contributed by atoms with van der Waals surface area (Å²) in [7, 11) is 0.